The van der Waals surface area contributed by atoms with Gasteiger partial charge in [0.05, 0.1) is 12.7 Å². The van der Waals surface area contributed by atoms with Gasteiger partial charge in [0.1, 0.15) is 6.10 Å². The van der Waals surface area contributed by atoms with Crippen LogP contribution < -0.4 is 0 Å². The third-order valence-corrected chi connectivity index (χ3v) is 9.36. The SMILES string of the molecule is CCCC(O)c1ccc(C2=CCC(c3ccc(C4=CCC(c5ccc(C6CO6)c(F)c5F)CC4)c(F)c3F)CC2)c(F)c1F. The van der Waals surface area contributed by atoms with Crippen LogP contribution in [0.5, 0.6) is 0 Å². The summed E-state index contributed by atoms with van der Waals surface area (Å²) in [5.41, 5.74) is 2.17. The minimum absolute atomic E-state index is 0.0669. The predicted octanol–water partition coefficient (Wildman–Crippen LogP) is 10.1. The second-order valence-electron chi connectivity index (χ2n) is 12.1. The first-order chi connectivity index (χ1) is 21.2. The maximum absolute atomic E-state index is 15.4. The van der Waals surface area contributed by atoms with Crippen molar-refractivity contribution < 1.29 is 36.2 Å². The zero-order valence-electron chi connectivity index (χ0n) is 24.4. The van der Waals surface area contributed by atoms with Gasteiger partial charge >= 0.3 is 0 Å². The van der Waals surface area contributed by atoms with Crippen molar-refractivity contribution in [3.63, 3.8) is 0 Å². The van der Waals surface area contributed by atoms with Crippen molar-refractivity contribution in [3.8, 4) is 0 Å². The van der Waals surface area contributed by atoms with Crippen LogP contribution in [0.15, 0.2) is 48.6 Å². The lowest BCUT2D eigenvalue weighted by molar-refractivity contribution is 0.160. The summed E-state index contributed by atoms with van der Waals surface area (Å²) in [6.07, 6.45) is 5.37. The lowest BCUT2D eigenvalue weighted by Crippen LogP contribution is -2.11. The van der Waals surface area contributed by atoms with Crippen molar-refractivity contribution in [1.29, 1.82) is 0 Å². The molecule has 0 spiro atoms. The number of allylic oxidation sites excluding steroid dienone is 4. The number of aliphatic hydroxyl groups excluding tert-OH is 1. The molecule has 4 unspecified atom stereocenters. The van der Waals surface area contributed by atoms with Crippen LogP contribution in [0.1, 0.15) is 116 Å². The summed E-state index contributed by atoms with van der Waals surface area (Å²) < 4.78 is 94.9. The number of rotatable bonds is 8. The maximum atomic E-state index is 15.4. The average molecular weight is 613 g/mol. The van der Waals surface area contributed by atoms with Gasteiger partial charge in [-0.05, 0) is 79.1 Å². The fraction of sp³-hybridized carbons (Fsp3) is 0.389. The Morgan fingerprint density at radius 1 is 0.682 bits per heavy atom. The molecule has 0 saturated carbocycles. The highest BCUT2D eigenvalue weighted by Crippen LogP contribution is 2.43. The summed E-state index contributed by atoms with van der Waals surface area (Å²) in [7, 11) is 0. The zero-order valence-corrected chi connectivity index (χ0v) is 24.4. The molecule has 2 aliphatic carbocycles. The standard InChI is InChI=1S/C36H34F6O2/c1-2-3-29(43)27-16-14-25(33(39)35(27)41)21-8-4-19(5-9-21)23-12-13-24(32(38)31(23)37)20-6-10-22(11-7-20)26-15-17-28(30-18-44-30)36(42)34(26)40/h6,8,12-17,19,22,29-30,43H,2-5,7,9-11,18H2,1H3. The summed E-state index contributed by atoms with van der Waals surface area (Å²) in [5.74, 6) is -6.29. The molecule has 3 aromatic carbocycles. The third kappa shape index (κ3) is 5.74. The normalized spacial score (nSPS) is 22.4. The van der Waals surface area contributed by atoms with Gasteiger partial charge in [-0.15, -0.1) is 0 Å². The van der Waals surface area contributed by atoms with Gasteiger partial charge in [-0.2, -0.15) is 0 Å². The minimum atomic E-state index is -1.08. The number of benzene rings is 3. The molecule has 1 fully saturated rings. The van der Waals surface area contributed by atoms with Gasteiger partial charge in [-0.3, -0.25) is 0 Å². The summed E-state index contributed by atoms with van der Waals surface area (Å²) in [6.45, 7) is 2.23. The summed E-state index contributed by atoms with van der Waals surface area (Å²) >= 11 is 0. The lowest BCUT2D eigenvalue weighted by atomic mass is 9.80. The summed E-state index contributed by atoms with van der Waals surface area (Å²) in [5, 5.41) is 10.1. The Balaban J connectivity index is 1.15. The molecule has 3 aliphatic rings. The van der Waals surface area contributed by atoms with E-state index in [1.807, 2.05) is 6.92 Å². The van der Waals surface area contributed by atoms with Crippen LogP contribution in [0, 0.1) is 34.9 Å². The maximum Gasteiger partial charge on any atom is 0.166 e. The fourth-order valence-corrected chi connectivity index (χ4v) is 6.72. The molecule has 232 valence electrons. The van der Waals surface area contributed by atoms with E-state index in [-0.39, 0.29) is 51.3 Å². The Morgan fingerprint density at radius 2 is 1.16 bits per heavy atom. The number of ether oxygens (including phenoxy) is 1. The van der Waals surface area contributed by atoms with Crippen LogP contribution in [0.3, 0.4) is 0 Å². The monoisotopic (exact) mass is 612 g/mol. The van der Waals surface area contributed by atoms with E-state index in [1.165, 1.54) is 12.1 Å². The van der Waals surface area contributed by atoms with Gasteiger partial charge in [0.2, 0.25) is 0 Å². The van der Waals surface area contributed by atoms with E-state index < -0.39 is 41.0 Å². The van der Waals surface area contributed by atoms with Gasteiger partial charge < -0.3 is 9.84 Å². The van der Waals surface area contributed by atoms with Gasteiger partial charge in [0.25, 0.3) is 0 Å². The molecule has 2 nitrogen and oxygen atoms in total. The van der Waals surface area contributed by atoms with E-state index in [0.717, 1.165) is 0 Å². The van der Waals surface area contributed by atoms with E-state index in [9.17, 15) is 22.7 Å². The highest BCUT2D eigenvalue weighted by molar-refractivity contribution is 5.69. The first kappa shape index (κ1) is 30.7. The Hall–Kier alpha value is -3.36. The highest BCUT2D eigenvalue weighted by atomic mass is 19.2. The molecule has 44 heavy (non-hydrogen) atoms. The van der Waals surface area contributed by atoms with Crippen LogP contribution in [0.25, 0.3) is 11.1 Å². The zero-order chi connectivity index (χ0) is 31.1. The van der Waals surface area contributed by atoms with Gasteiger partial charge in [0.15, 0.2) is 34.9 Å². The number of halogens is 6. The summed E-state index contributed by atoms with van der Waals surface area (Å²) in [4.78, 5) is 0. The van der Waals surface area contributed by atoms with Crippen molar-refractivity contribution in [2.45, 2.75) is 82.3 Å². The Morgan fingerprint density at radius 3 is 1.68 bits per heavy atom. The van der Waals surface area contributed by atoms with Crippen LogP contribution >= 0.6 is 0 Å². The smallest absolute Gasteiger partial charge is 0.166 e. The van der Waals surface area contributed by atoms with Crippen LogP contribution in [0.4, 0.5) is 26.3 Å². The van der Waals surface area contributed by atoms with Crippen LogP contribution in [-0.4, -0.2) is 11.7 Å². The molecule has 0 amide bonds. The second-order valence-corrected chi connectivity index (χ2v) is 12.1. The molecule has 8 heteroatoms. The molecule has 1 aliphatic heterocycles. The third-order valence-electron chi connectivity index (χ3n) is 9.36. The van der Waals surface area contributed by atoms with Crippen molar-refractivity contribution >= 4 is 11.1 Å². The van der Waals surface area contributed by atoms with Gasteiger partial charge in [-0.1, -0.05) is 61.9 Å². The van der Waals surface area contributed by atoms with E-state index in [4.69, 9.17) is 4.74 Å². The molecule has 0 radical (unpaired) electrons. The van der Waals surface area contributed by atoms with Crippen LogP contribution in [-0.2, 0) is 4.74 Å². The Labute approximate surface area is 253 Å². The van der Waals surface area contributed by atoms with E-state index in [0.29, 0.717) is 69.1 Å². The molecule has 4 atom stereocenters. The molecular formula is C36H34F6O2. The number of epoxide rings is 1. The molecule has 0 bridgehead atoms. The van der Waals surface area contributed by atoms with Gasteiger partial charge in [0, 0.05) is 22.3 Å². The molecule has 1 heterocycles. The Bertz CT molecular complexity index is 1640. The average Bonchev–Trinajstić information content (AvgIpc) is 3.87. The first-order valence-electron chi connectivity index (χ1n) is 15.3. The number of hydrogen-bond donors (Lipinski definition) is 1. The first-order valence-corrected chi connectivity index (χ1v) is 15.3. The summed E-state index contributed by atoms with van der Waals surface area (Å²) in [6, 6.07) is 9.19. The van der Waals surface area contributed by atoms with Crippen molar-refractivity contribution in [3.05, 3.63) is 117 Å². The van der Waals surface area contributed by atoms with E-state index in [1.54, 1.807) is 36.4 Å². The topological polar surface area (TPSA) is 32.8 Å². The van der Waals surface area contributed by atoms with Crippen molar-refractivity contribution in [2.24, 2.45) is 0 Å². The lowest BCUT2D eigenvalue weighted by Gasteiger charge is -2.26. The minimum Gasteiger partial charge on any atom is -0.388 e. The molecular weight excluding hydrogens is 578 g/mol. The molecule has 3 aromatic rings. The van der Waals surface area contributed by atoms with Crippen molar-refractivity contribution in [2.75, 3.05) is 6.61 Å². The van der Waals surface area contributed by atoms with E-state index >= 15 is 8.78 Å². The van der Waals surface area contributed by atoms with Crippen LogP contribution in [0.2, 0.25) is 0 Å². The Kier molecular flexibility index (Phi) is 8.75. The number of hydrogen-bond acceptors (Lipinski definition) is 2. The van der Waals surface area contributed by atoms with Crippen molar-refractivity contribution in [1.82, 2.24) is 0 Å². The van der Waals surface area contributed by atoms with E-state index in [2.05, 4.69) is 0 Å². The fourth-order valence-electron chi connectivity index (χ4n) is 6.72. The molecule has 1 saturated heterocycles. The second kappa shape index (κ2) is 12.6. The molecule has 0 aromatic heterocycles. The largest absolute Gasteiger partial charge is 0.388 e. The highest BCUT2D eigenvalue weighted by Gasteiger charge is 2.32. The molecule has 6 rings (SSSR count). The number of aliphatic hydroxyl groups is 1. The quantitative estimate of drug-likeness (QED) is 0.203. The molecule has 1 N–H and O–H groups in total. The van der Waals surface area contributed by atoms with Gasteiger partial charge in [-0.25, -0.2) is 26.3 Å². The predicted molar refractivity (Wildman–Crippen MR) is 157 cm³/mol.